The van der Waals surface area contributed by atoms with E-state index in [2.05, 4.69) is 26.0 Å². The molecule has 0 spiro atoms. The maximum atomic E-state index is 8.95. The number of hydrogen-bond donors (Lipinski definition) is 0. The van der Waals surface area contributed by atoms with Crippen LogP contribution in [0.15, 0.2) is 22.7 Å². The Kier molecular flexibility index (Phi) is 5.30. The Bertz CT molecular complexity index is 734. The third kappa shape index (κ3) is 3.85. The van der Waals surface area contributed by atoms with Gasteiger partial charge in [0, 0.05) is 39.0 Å². The van der Waals surface area contributed by atoms with Gasteiger partial charge in [-0.15, -0.1) is 0 Å². The number of hydrogen-bond acceptors (Lipinski definition) is 7. The minimum absolute atomic E-state index is 0.358. The van der Waals surface area contributed by atoms with Gasteiger partial charge in [0.1, 0.15) is 12.7 Å². The second-order valence-corrected chi connectivity index (χ2v) is 5.98. The second-order valence-electron chi connectivity index (χ2n) is 5.58. The predicted octanol–water partition coefficient (Wildman–Crippen LogP) is 2.06. The fourth-order valence-electron chi connectivity index (χ4n) is 2.69. The predicted molar refractivity (Wildman–Crippen MR) is 88.7 cm³/mol. The highest BCUT2D eigenvalue weighted by molar-refractivity contribution is 6.32. The second kappa shape index (κ2) is 7.62. The zero-order chi connectivity index (χ0) is 16.9. The quantitative estimate of drug-likeness (QED) is 0.819. The first-order valence-electron chi connectivity index (χ1n) is 7.67. The highest BCUT2D eigenvalue weighted by Crippen LogP contribution is 2.24. The lowest BCUT2D eigenvalue weighted by molar-refractivity contribution is 0.174. The Morgan fingerprint density at radius 3 is 2.79 bits per heavy atom. The lowest BCUT2D eigenvalue weighted by Gasteiger charge is -2.35. The largest absolute Gasteiger partial charge is 0.377 e. The molecule has 3 rings (SSSR count). The first-order chi connectivity index (χ1) is 11.7. The third-order valence-corrected chi connectivity index (χ3v) is 4.27. The van der Waals surface area contributed by atoms with Gasteiger partial charge in [-0.3, -0.25) is 4.90 Å². The average Bonchev–Trinajstić information content (AvgIpc) is 3.03. The summed E-state index contributed by atoms with van der Waals surface area (Å²) in [5.41, 5.74) is 1.54. The fourth-order valence-corrected chi connectivity index (χ4v) is 2.91. The van der Waals surface area contributed by atoms with E-state index in [1.807, 2.05) is 12.1 Å². The van der Waals surface area contributed by atoms with Gasteiger partial charge in [0.05, 0.1) is 17.1 Å². The SMILES string of the molecule is COCc1noc(CN2CCN(c3ccc(C#N)c(Cl)c3)CC2)n1. The molecule has 0 bridgehead atoms. The van der Waals surface area contributed by atoms with Crippen molar-refractivity contribution in [3.05, 3.63) is 40.5 Å². The monoisotopic (exact) mass is 347 g/mol. The smallest absolute Gasteiger partial charge is 0.240 e. The van der Waals surface area contributed by atoms with E-state index in [9.17, 15) is 0 Å². The first kappa shape index (κ1) is 16.7. The minimum atomic E-state index is 0.358. The minimum Gasteiger partial charge on any atom is -0.377 e. The fraction of sp³-hybridized carbons (Fsp3) is 0.438. The van der Waals surface area contributed by atoms with Crippen molar-refractivity contribution in [3.63, 3.8) is 0 Å². The van der Waals surface area contributed by atoms with E-state index >= 15 is 0 Å². The molecule has 0 radical (unpaired) electrons. The number of halogens is 1. The van der Waals surface area contributed by atoms with E-state index < -0.39 is 0 Å². The van der Waals surface area contributed by atoms with Crippen LogP contribution in [0.25, 0.3) is 0 Å². The summed E-state index contributed by atoms with van der Waals surface area (Å²) < 4.78 is 10.2. The molecule has 1 fully saturated rings. The standard InChI is InChI=1S/C16H18ClN5O2/c1-23-11-15-19-16(24-20-15)10-21-4-6-22(7-5-21)13-3-2-12(9-18)14(17)8-13/h2-3,8H,4-7,10-11H2,1H3. The van der Waals surface area contributed by atoms with Gasteiger partial charge < -0.3 is 14.2 Å². The van der Waals surface area contributed by atoms with Gasteiger partial charge in [0.25, 0.3) is 0 Å². The normalized spacial score (nSPS) is 15.5. The Morgan fingerprint density at radius 1 is 1.33 bits per heavy atom. The summed E-state index contributed by atoms with van der Waals surface area (Å²) in [4.78, 5) is 8.82. The first-order valence-corrected chi connectivity index (χ1v) is 8.04. The molecule has 8 heteroatoms. The van der Waals surface area contributed by atoms with Gasteiger partial charge in [-0.1, -0.05) is 16.8 Å². The average molecular weight is 348 g/mol. The zero-order valence-electron chi connectivity index (χ0n) is 13.4. The Labute approximate surface area is 145 Å². The van der Waals surface area contributed by atoms with Crippen molar-refractivity contribution in [2.24, 2.45) is 0 Å². The van der Waals surface area contributed by atoms with Crippen LogP contribution in [0.1, 0.15) is 17.3 Å². The number of benzene rings is 1. The molecule has 2 aromatic rings. The van der Waals surface area contributed by atoms with Crippen molar-refractivity contribution in [1.29, 1.82) is 5.26 Å². The van der Waals surface area contributed by atoms with E-state index in [1.165, 1.54) is 0 Å². The molecular weight excluding hydrogens is 330 g/mol. The topological polar surface area (TPSA) is 78.4 Å². The third-order valence-electron chi connectivity index (χ3n) is 3.95. The Balaban J connectivity index is 1.55. The van der Waals surface area contributed by atoms with Crippen molar-refractivity contribution in [1.82, 2.24) is 15.0 Å². The van der Waals surface area contributed by atoms with Gasteiger partial charge >= 0.3 is 0 Å². The maximum Gasteiger partial charge on any atom is 0.240 e. The molecule has 1 saturated heterocycles. The van der Waals surface area contributed by atoms with Crippen molar-refractivity contribution in [2.45, 2.75) is 13.2 Å². The number of rotatable bonds is 5. The van der Waals surface area contributed by atoms with Gasteiger partial charge in [-0.05, 0) is 18.2 Å². The Hall–Kier alpha value is -2.14. The molecule has 126 valence electrons. The van der Waals surface area contributed by atoms with Crippen LogP contribution in [0.4, 0.5) is 5.69 Å². The number of anilines is 1. The number of aromatic nitrogens is 2. The van der Waals surface area contributed by atoms with Crippen LogP contribution in [0.5, 0.6) is 0 Å². The van der Waals surface area contributed by atoms with Crippen LogP contribution in [-0.2, 0) is 17.9 Å². The zero-order valence-corrected chi connectivity index (χ0v) is 14.2. The molecule has 2 heterocycles. The molecule has 24 heavy (non-hydrogen) atoms. The van der Waals surface area contributed by atoms with E-state index in [4.69, 9.17) is 26.1 Å². The Morgan fingerprint density at radius 2 is 2.12 bits per heavy atom. The van der Waals surface area contributed by atoms with Gasteiger partial charge in [-0.25, -0.2) is 0 Å². The molecule has 1 aromatic heterocycles. The van der Waals surface area contributed by atoms with Gasteiger partial charge in [0.15, 0.2) is 5.82 Å². The number of ether oxygens (including phenoxy) is 1. The van der Waals surface area contributed by atoms with Gasteiger partial charge in [0.2, 0.25) is 5.89 Å². The summed E-state index contributed by atoms with van der Waals surface area (Å²) in [5.74, 6) is 1.18. The van der Waals surface area contributed by atoms with Crippen LogP contribution < -0.4 is 4.90 Å². The molecule has 0 amide bonds. The summed E-state index contributed by atoms with van der Waals surface area (Å²) in [5, 5.41) is 13.3. The van der Waals surface area contributed by atoms with E-state index in [-0.39, 0.29) is 0 Å². The van der Waals surface area contributed by atoms with E-state index in [0.717, 1.165) is 31.9 Å². The van der Waals surface area contributed by atoms with Crippen LogP contribution in [0.3, 0.4) is 0 Å². The van der Waals surface area contributed by atoms with Gasteiger partial charge in [-0.2, -0.15) is 10.2 Å². The summed E-state index contributed by atoms with van der Waals surface area (Å²) in [6.45, 7) is 4.53. The molecular formula is C16H18ClN5O2. The molecule has 1 aromatic carbocycles. The summed E-state index contributed by atoms with van der Waals surface area (Å²) in [7, 11) is 1.60. The molecule has 0 N–H and O–H groups in total. The summed E-state index contributed by atoms with van der Waals surface area (Å²) in [6.07, 6.45) is 0. The number of piperazine rings is 1. The maximum absolute atomic E-state index is 8.95. The molecule has 0 unspecified atom stereocenters. The molecule has 0 aliphatic carbocycles. The van der Waals surface area contributed by atoms with Crippen LogP contribution in [0, 0.1) is 11.3 Å². The van der Waals surface area contributed by atoms with E-state index in [1.54, 1.807) is 13.2 Å². The number of nitriles is 1. The van der Waals surface area contributed by atoms with Crippen molar-refractivity contribution in [2.75, 3.05) is 38.2 Å². The molecule has 7 nitrogen and oxygen atoms in total. The van der Waals surface area contributed by atoms with Crippen LogP contribution >= 0.6 is 11.6 Å². The summed E-state index contributed by atoms with van der Waals surface area (Å²) in [6, 6.07) is 7.64. The number of nitrogens with zero attached hydrogens (tertiary/aromatic N) is 5. The molecule has 1 aliphatic rings. The van der Waals surface area contributed by atoms with Crippen LogP contribution in [0.2, 0.25) is 5.02 Å². The lowest BCUT2D eigenvalue weighted by Crippen LogP contribution is -2.46. The highest BCUT2D eigenvalue weighted by Gasteiger charge is 2.20. The molecule has 0 atom stereocenters. The van der Waals surface area contributed by atoms with Crippen molar-refractivity contribution in [3.8, 4) is 6.07 Å². The highest BCUT2D eigenvalue weighted by atomic mass is 35.5. The summed E-state index contributed by atoms with van der Waals surface area (Å²) >= 11 is 6.12. The van der Waals surface area contributed by atoms with E-state index in [0.29, 0.717) is 35.5 Å². The van der Waals surface area contributed by atoms with Crippen molar-refractivity contribution >= 4 is 17.3 Å². The molecule has 1 aliphatic heterocycles. The lowest BCUT2D eigenvalue weighted by atomic mass is 10.2. The van der Waals surface area contributed by atoms with Crippen LogP contribution in [-0.4, -0.2) is 48.3 Å². The van der Waals surface area contributed by atoms with Crippen molar-refractivity contribution < 1.29 is 9.26 Å². The molecule has 0 saturated carbocycles. The number of methoxy groups -OCH3 is 1.